The van der Waals surface area contributed by atoms with Gasteiger partial charge in [0.1, 0.15) is 0 Å². The second-order valence-corrected chi connectivity index (χ2v) is 7.34. The number of nitrogens with one attached hydrogen (secondary N) is 1. The number of hydrogen-bond donors (Lipinski definition) is 1. The van der Waals surface area contributed by atoms with Gasteiger partial charge in [0.25, 0.3) is 0 Å². The maximum Gasteiger partial charge on any atom is 0.310 e. The van der Waals surface area contributed by atoms with Gasteiger partial charge in [0.15, 0.2) is 0 Å². The Morgan fingerprint density at radius 1 is 1.47 bits per heavy atom. The van der Waals surface area contributed by atoms with Gasteiger partial charge in [0.05, 0.1) is 47.5 Å². The predicted molar refractivity (Wildman–Crippen MR) is 65.8 cm³/mol. The van der Waals surface area contributed by atoms with E-state index in [1.807, 2.05) is 20.8 Å². The van der Waals surface area contributed by atoms with Crippen LogP contribution in [0, 0.1) is 5.92 Å². The summed E-state index contributed by atoms with van der Waals surface area (Å²) in [6, 6.07) is 0. The minimum Gasteiger partial charge on any atom is -0.469 e. The first-order valence-corrected chi connectivity index (χ1v) is 6.73. The molecule has 0 aromatic heterocycles. The summed E-state index contributed by atoms with van der Waals surface area (Å²) < 4.78 is 24.6. The summed E-state index contributed by atoms with van der Waals surface area (Å²) in [6.45, 7) is 8.17. The third-order valence-corrected chi connectivity index (χ3v) is 4.66. The van der Waals surface area contributed by atoms with Crippen LogP contribution in [0.2, 0.25) is 0 Å². The van der Waals surface area contributed by atoms with Gasteiger partial charge < -0.3 is 9.47 Å². The third kappa shape index (κ3) is 3.05. The van der Waals surface area contributed by atoms with Crippen LogP contribution in [0.1, 0.15) is 27.7 Å². The van der Waals surface area contributed by atoms with E-state index in [0.29, 0.717) is 13.2 Å². The van der Waals surface area contributed by atoms with E-state index in [2.05, 4.69) is 4.72 Å². The fourth-order valence-corrected chi connectivity index (χ4v) is 2.43. The molecule has 1 fully saturated rings. The molecule has 1 aliphatic heterocycles. The Bertz CT molecular complexity index is 320. The number of esters is 1. The quantitative estimate of drug-likeness (QED) is 0.755. The minimum absolute atomic E-state index is 0.313. The summed E-state index contributed by atoms with van der Waals surface area (Å²) in [5.74, 6) is -0.695. The van der Waals surface area contributed by atoms with Crippen LogP contribution in [0.5, 0.6) is 0 Å². The van der Waals surface area contributed by atoms with Gasteiger partial charge in [-0.3, -0.25) is 4.79 Å². The number of methoxy groups -OCH3 is 1. The van der Waals surface area contributed by atoms with Gasteiger partial charge in [-0.2, -0.15) is 0 Å². The molecule has 0 radical (unpaired) electrons. The Morgan fingerprint density at radius 2 is 2.00 bits per heavy atom. The molecule has 6 heteroatoms. The third-order valence-electron chi connectivity index (χ3n) is 2.96. The van der Waals surface area contributed by atoms with Crippen molar-refractivity contribution in [2.24, 2.45) is 5.92 Å². The van der Waals surface area contributed by atoms with Gasteiger partial charge in [0.2, 0.25) is 0 Å². The lowest BCUT2D eigenvalue weighted by molar-refractivity contribution is -0.158. The van der Waals surface area contributed by atoms with Gasteiger partial charge in [0, 0.05) is 0 Å². The van der Waals surface area contributed by atoms with Crippen LogP contribution >= 0.6 is 0 Å². The maximum atomic E-state index is 12.1. The highest BCUT2D eigenvalue weighted by molar-refractivity contribution is 7.84. The number of carbonyl (C=O) groups excluding carboxylic acids is 1. The van der Waals surface area contributed by atoms with Crippen LogP contribution in [0.4, 0.5) is 0 Å². The van der Waals surface area contributed by atoms with E-state index in [9.17, 15) is 9.00 Å². The monoisotopic (exact) mass is 263 g/mol. The van der Waals surface area contributed by atoms with Crippen LogP contribution in [-0.2, 0) is 25.3 Å². The second-order valence-electron chi connectivity index (χ2n) is 5.38. The lowest BCUT2D eigenvalue weighted by Gasteiger charge is -2.45. The molecule has 0 aromatic rings. The standard InChI is InChI=1S/C11H21NO4S/c1-8(9(13)15-5)11(6-16-7-11)12-17(14)10(2,3)4/h8,12H,6-7H2,1-5H3/t8-,17+/m1/s1. The summed E-state index contributed by atoms with van der Waals surface area (Å²) in [5, 5.41) is 0. The van der Waals surface area contributed by atoms with E-state index in [0.717, 1.165) is 0 Å². The first kappa shape index (κ1) is 14.6. The number of carbonyl (C=O) groups is 1. The van der Waals surface area contributed by atoms with Crippen LogP contribution in [0.25, 0.3) is 0 Å². The van der Waals surface area contributed by atoms with Crippen LogP contribution in [0.3, 0.4) is 0 Å². The number of rotatable bonds is 4. The zero-order valence-electron chi connectivity index (χ0n) is 11.0. The van der Waals surface area contributed by atoms with Crippen molar-refractivity contribution in [2.45, 2.75) is 38.0 Å². The van der Waals surface area contributed by atoms with E-state index in [1.54, 1.807) is 6.92 Å². The fraction of sp³-hybridized carbons (Fsp3) is 0.909. The largest absolute Gasteiger partial charge is 0.469 e. The normalized spacial score (nSPS) is 22.4. The van der Waals surface area contributed by atoms with Crippen molar-refractivity contribution >= 4 is 17.0 Å². The van der Waals surface area contributed by atoms with Crippen molar-refractivity contribution in [3.05, 3.63) is 0 Å². The predicted octanol–water partition coefficient (Wildman–Crippen LogP) is 0.616. The molecule has 1 N–H and O–H groups in total. The summed E-state index contributed by atoms with van der Waals surface area (Å²) in [6.07, 6.45) is 0. The van der Waals surface area contributed by atoms with Gasteiger partial charge in [-0.25, -0.2) is 8.93 Å². The van der Waals surface area contributed by atoms with E-state index < -0.39 is 16.5 Å². The van der Waals surface area contributed by atoms with Crippen molar-refractivity contribution in [2.75, 3.05) is 20.3 Å². The second kappa shape index (κ2) is 5.04. The average molecular weight is 263 g/mol. The lowest BCUT2D eigenvalue weighted by Crippen LogP contribution is -2.67. The minimum atomic E-state index is -1.23. The van der Waals surface area contributed by atoms with Crippen LogP contribution in [-0.4, -0.2) is 40.8 Å². The maximum absolute atomic E-state index is 12.1. The van der Waals surface area contributed by atoms with Crippen molar-refractivity contribution in [3.8, 4) is 0 Å². The average Bonchev–Trinajstić information content (AvgIpc) is 2.19. The summed E-state index contributed by atoms with van der Waals surface area (Å²) >= 11 is 0. The lowest BCUT2D eigenvalue weighted by atomic mass is 9.84. The molecule has 0 saturated carbocycles. The first-order valence-electron chi connectivity index (χ1n) is 5.58. The molecule has 0 spiro atoms. The molecule has 1 saturated heterocycles. The zero-order chi connectivity index (χ0) is 13.3. The topological polar surface area (TPSA) is 64.6 Å². The molecule has 0 unspecified atom stereocenters. The summed E-state index contributed by atoms with van der Waals surface area (Å²) in [5.41, 5.74) is -0.564. The summed E-state index contributed by atoms with van der Waals surface area (Å²) in [4.78, 5) is 11.6. The van der Waals surface area contributed by atoms with Gasteiger partial charge >= 0.3 is 5.97 Å². The molecule has 17 heavy (non-hydrogen) atoms. The SMILES string of the molecule is COC(=O)[C@@H](C)C1(N[S@@](=O)C(C)(C)C)COC1. The molecular weight excluding hydrogens is 242 g/mol. The number of hydrogen-bond acceptors (Lipinski definition) is 4. The Hall–Kier alpha value is -0.460. The van der Waals surface area contributed by atoms with Crippen molar-refractivity contribution in [3.63, 3.8) is 0 Å². The Morgan fingerprint density at radius 3 is 2.29 bits per heavy atom. The molecule has 1 rings (SSSR count). The molecule has 0 aromatic carbocycles. The van der Waals surface area contributed by atoms with Crippen molar-refractivity contribution < 1.29 is 18.5 Å². The van der Waals surface area contributed by atoms with Crippen LogP contribution in [0.15, 0.2) is 0 Å². The highest BCUT2D eigenvalue weighted by atomic mass is 32.2. The Balaban J connectivity index is 2.77. The van der Waals surface area contributed by atoms with E-state index in [4.69, 9.17) is 9.47 Å². The van der Waals surface area contributed by atoms with Gasteiger partial charge in [-0.1, -0.05) is 0 Å². The van der Waals surface area contributed by atoms with E-state index >= 15 is 0 Å². The van der Waals surface area contributed by atoms with Crippen molar-refractivity contribution in [1.29, 1.82) is 0 Å². The zero-order valence-corrected chi connectivity index (χ0v) is 11.8. The van der Waals surface area contributed by atoms with Gasteiger partial charge in [-0.15, -0.1) is 0 Å². The Labute approximate surface area is 105 Å². The molecule has 1 heterocycles. The molecule has 0 bridgehead atoms. The van der Waals surface area contributed by atoms with Crippen molar-refractivity contribution in [1.82, 2.24) is 4.72 Å². The van der Waals surface area contributed by atoms with E-state index in [-0.39, 0.29) is 16.6 Å². The van der Waals surface area contributed by atoms with Crippen LogP contribution < -0.4 is 4.72 Å². The first-order chi connectivity index (χ1) is 7.73. The molecule has 0 amide bonds. The number of ether oxygens (including phenoxy) is 2. The molecule has 100 valence electrons. The molecular formula is C11H21NO4S. The summed E-state index contributed by atoms with van der Waals surface area (Å²) in [7, 11) is 0.122. The molecule has 0 aliphatic carbocycles. The molecule has 1 aliphatic rings. The molecule has 5 nitrogen and oxygen atoms in total. The van der Waals surface area contributed by atoms with E-state index in [1.165, 1.54) is 7.11 Å². The fourth-order valence-electron chi connectivity index (χ4n) is 1.46. The highest BCUT2D eigenvalue weighted by Crippen LogP contribution is 2.29. The Kier molecular flexibility index (Phi) is 4.33. The molecule has 2 atom stereocenters. The highest BCUT2D eigenvalue weighted by Gasteiger charge is 2.49. The van der Waals surface area contributed by atoms with Gasteiger partial charge in [-0.05, 0) is 27.7 Å². The smallest absolute Gasteiger partial charge is 0.310 e.